The normalized spacial score (nSPS) is 14.9. The molecule has 32 heavy (non-hydrogen) atoms. The van der Waals surface area contributed by atoms with Crippen molar-refractivity contribution in [2.75, 3.05) is 31.1 Å². The number of fused-ring (bicyclic) bond motifs is 1. The monoisotopic (exact) mass is 439 g/mol. The van der Waals surface area contributed by atoms with E-state index >= 15 is 0 Å². The number of nitrogens with one attached hydrogen (secondary N) is 1. The Bertz CT molecular complexity index is 1060. The average Bonchev–Trinajstić information content (AvgIpc) is 3.16. The summed E-state index contributed by atoms with van der Waals surface area (Å²) in [5, 5.41) is 13.5. The highest BCUT2D eigenvalue weighted by atomic mass is 19.1. The number of carbonyl (C=O) groups excluding carboxylic acids is 1. The van der Waals surface area contributed by atoms with Crippen molar-refractivity contribution in [1.29, 1.82) is 0 Å². The van der Waals surface area contributed by atoms with Crippen LogP contribution in [0.5, 0.6) is 0 Å². The Hall–Kier alpha value is -2.84. The van der Waals surface area contributed by atoms with Gasteiger partial charge in [0.15, 0.2) is 5.78 Å². The molecule has 170 valence electrons. The minimum absolute atomic E-state index is 0.198. The smallest absolute Gasteiger partial charge is 0.225 e. The second kappa shape index (κ2) is 10.2. The molecule has 7 nitrogen and oxygen atoms in total. The summed E-state index contributed by atoms with van der Waals surface area (Å²) in [6.45, 7) is 5.90. The third-order valence-corrected chi connectivity index (χ3v) is 6.14. The molecule has 0 aliphatic carbocycles. The lowest BCUT2D eigenvalue weighted by molar-refractivity contribution is 0.0903. The number of Topliss-reactive ketones (excluding diaryl/α,β-unsaturated/α-hetero) is 1. The summed E-state index contributed by atoms with van der Waals surface area (Å²) in [4.78, 5) is 22.2. The lowest BCUT2D eigenvalue weighted by atomic mass is 9.97. The molecule has 1 aliphatic rings. The molecule has 0 unspecified atom stereocenters. The van der Waals surface area contributed by atoms with Crippen LogP contribution in [-0.2, 0) is 13.1 Å². The van der Waals surface area contributed by atoms with Crippen LogP contribution in [0.4, 0.5) is 10.3 Å². The van der Waals surface area contributed by atoms with Gasteiger partial charge in [0.25, 0.3) is 0 Å². The molecule has 1 aliphatic heterocycles. The van der Waals surface area contributed by atoms with Crippen LogP contribution in [0, 0.1) is 11.7 Å². The molecule has 3 heterocycles. The van der Waals surface area contributed by atoms with Gasteiger partial charge in [0.05, 0.1) is 5.56 Å². The minimum atomic E-state index is -0.533. The van der Waals surface area contributed by atoms with Crippen molar-refractivity contribution >= 4 is 22.6 Å². The highest BCUT2D eigenvalue weighted by molar-refractivity contribution is 5.96. The molecule has 0 bridgehead atoms. The third kappa shape index (κ3) is 4.97. The van der Waals surface area contributed by atoms with Crippen LogP contribution < -0.4 is 10.2 Å². The second-order valence-electron chi connectivity index (χ2n) is 8.42. The summed E-state index contributed by atoms with van der Waals surface area (Å²) in [6, 6.07) is 5.03. The van der Waals surface area contributed by atoms with Gasteiger partial charge in [-0.15, -0.1) is 0 Å². The standard InChI is InChI=1S/C24H30FN5O2/c1-2-7-30-15-19(21-10-20(25)3-4-22(21)30)12-26-11-17-5-8-29(9-6-17)24-27-13-18(14-28-24)23(32)16-31/h3-4,10,13-15,17,26,31H,2,5-9,11-12,16H2,1H3. The number of halogens is 1. The van der Waals surface area contributed by atoms with E-state index in [9.17, 15) is 9.18 Å². The van der Waals surface area contributed by atoms with E-state index in [0.29, 0.717) is 17.4 Å². The van der Waals surface area contributed by atoms with Crippen molar-refractivity contribution in [3.63, 3.8) is 0 Å². The Morgan fingerprint density at radius 1 is 1.25 bits per heavy atom. The van der Waals surface area contributed by atoms with Gasteiger partial charge in [0.2, 0.25) is 5.95 Å². The van der Waals surface area contributed by atoms with Gasteiger partial charge in [0, 0.05) is 55.7 Å². The van der Waals surface area contributed by atoms with Crippen molar-refractivity contribution in [1.82, 2.24) is 19.9 Å². The van der Waals surface area contributed by atoms with Gasteiger partial charge in [-0.1, -0.05) is 6.92 Å². The molecule has 0 atom stereocenters. The summed E-state index contributed by atoms with van der Waals surface area (Å²) in [7, 11) is 0. The fraction of sp³-hybridized carbons (Fsp3) is 0.458. The van der Waals surface area contributed by atoms with E-state index in [1.54, 1.807) is 6.07 Å². The molecule has 1 saturated heterocycles. The van der Waals surface area contributed by atoms with Crippen LogP contribution in [0.15, 0.2) is 36.8 Å². The van der Waals surface area contributed by atoms with Gasteiger partial charge >= 0.3 is 0 Å². The SMILES string of the molecule is CCCn1cc(CNCC2CCN(c3ncc(C(=O)CO)cn3)CC2)c2cc(F)ccc21. The number of rotatable bonds is 9. The number of aromatic nitrogens is 3. The summed E-state index contributed by atoms with van der Waals surface area (Å²) in [6.07, 6.45) is 8.20. The maximum Gasteiger partial charge on any atom is 0.225 e. The zero-order valence-corrected chi connectivity index (χ0v) is 18.4. The van der Waals surface area contributed by atoms with Gasteiger partial charge in [0.1, 0.15) is 12.4 Å². The fourth-order valence-corrected chi connectivity index (χ4v) is 4.38. The lowest BCUT2D eigenvalue weighted by Gasteiger charge is -2.32. The molecule has 0 spiro atoms. The van der Waals surface area contributed by atoms with E-state index in [1.165, 1.54) is 18.5 Å². The number of nitrogens with zero attached hydrogens (tertiary/aromatic N) is 4. The molecular formula is C24H30FN5O2. The number of aliphatic hydroxyl groups excluding tert-OH is 1. The quantitative estimate of drug-likeness (QED) is 0.499. The molecule has 1 fully saturated rings. The predicted octanol–water partition coefficient (Wildman–Crippen LogP) is 3.16. The Balaban J connectivity index is 1.29. The molecule has 8 heteroatoms. The van der Waals surface area contributed by atoms with Crippen molar-refractivity contribution < 1.29 is 14.3 Å². The Morgan fingerprint density at radius 2 is 2.00 bits per heavy atom. The maximum absolute atomic E-state index is 13.8. The van der Waals surface area contributed by atoms with E-state index in [0.717, 1.165) is 68.5 Å². The Kier molecular flexibility index (Phi) is 7.12. The van der Waals surface area contributed by atoms with Crippen LogP contribution in [-0.4, -0.2) is 51.7 Å². The third-order valence-electron chi connectivity index (χ3n) is 6.14. The summed E-state index contributed by atoms with van der Waals surface area (Å²) in [5.41, 5.74) is 2.55. The fourth-order valence-electron chi connectivity index (χ4n) is 4.38. The van der Waals surface area contributed by atoms with E-state index < -0.39 is 6.61 Å². The number of benzene rings is 1. The van der Waals surface area contributed by atoms with Crippen LogP contribution in [0.3, 0.4) is 0 Å². The molecular weight excluding hydrogens is 409 g/mol. The second-order valence-corrected chi connectivity index (χ2v) is 8.42. The first-order valence-electron chi connectivity index (χ1n) is 11.3. The summed E-state index contributed by atoms with van der Waals surface area (Å²) < 4.78 is 16.0. The molecule has 0 radical (unpaired) electrons. The highest BCUT2D eigenvalue weighted by Gasteiger charge is 2.21. The number of aryl methyl sites for hydroxylation is 1. The molecule has 4 rings (SSSR count). The number of aliphatic hydroxyl groups is 1. The molecule has 0 amide bonds. The topological polar surface area (TPSA) is 83.3 Å². The highest BCUT2D eigenvalue weighted by Crippen LogP contribution is 2.24. The van der Waals surface area contributed by atoms with E-state index in [2.05, 4.69) is 37.9 Å². The first-order valence-corrected chi connectivity index (χ1v) is 11.3. The van der Waals surface area contributed by atoms with Gasteiger partial charge in [-0.2, -0.15) is 0 Å². The van der Waals surface area contributed by atoms with E-state index in [-0.39, 0.29) is 11.6 Å². The van der Waals surface area contributed by atoms with Crippen LogP contribution in [0.1, 0.15) is 42.1 Å². The molecule has 0 saturated carbocycles. The van der Waals surface area contributed by atoms with Crippen molar-refractivity contribution in [3.8, 4) is 0 Å². The number of anilines is 1. The van der Waals surface area contributed by atoms with Gasteiger partial charge in [-0.3, -0.25) is 4.79 Å². The first kappa shape index (κ1) is 22.4. The van der Waals surface area contributed by atoms with Gasteiger partial charge < -0.3 is 19.9 Å². The zero-order valence-electron chi connectivity index (χ0n) is 18.4. The molecule has 2 N–H and O–H groups in total. The van der Waals surface area contributed by atoms with E-state index in [1.807, 2.05) is 6.07 Å². The van der Waals surface area contributed by atoms with Crippen molar-refractivity contribution in [2.45, 2.75) is 39.3 Å². The number of hydrogen-bond donors (Lipinski definition) is 2. The van der Waals surface area contributed by atoms with Crippen molar-refractivity contribution in [3.05, 3.63) is 53.7 Å². The number of piperidine rings is 1. The zero-order chi connectivity index (χ0) is 22.5. The Labute approximate surface area is 187 Å². The number of hydrogen-bond acceptors (Lipinski definition) is 6. The summed E-state index contributed by atoms with van der Waals surface area (Å²) >= 11 is 0. The predicted molar refractivity (Wildman–Crippen MR) is 122 cm³/mol. The summed E-state index contributed by atoms with van der Waals surface area (Å²) in [5.74, 6) is 0.608. The largest absolute Gasteiger partial charge is 0.388 e. The molecule has 3 aromatic rings. The maximum atomic E-state index is 13.8. The lowest BCUT2D eigenvalue weighted by Crippen LogP contribution is -2.38. The van der Waals surface area contributed by atoms with Crippen LogP contribution >= 0.6 is 0 Å². The van der Waals surface area contributed by atoms with Gasteiger partial charge in [-0.05, 0) is 55.5 Å². The number of ketones is 1. The van der Waals surface area contributed by atoms with E-state index in [4.69, 9.17) is 5.11 Å². The van der Waals surface area contributed by atoms with Gasteiger partial charge in [-0.25, -0.2) is 14.4 Å². The molecule has 1 aromatic carbocycles. The molecule has 2 aromatic heterocycles. The first-order chi connectivity index (χ1) is 15.6. The Morgan fingerprint density at radius 3 is 2.69 bits per heavy atom. The average molecular weight is 440 g/mol. The van der Waals surface area contributed by atoms with Crippen LogP contribution in [0.2, 0.25) is 0 Å². The van der Waals surface area contributed by atoms with Crippen LogP contribution in [0.25, 0.3) is 10.9 Å². The van der Waals surface area contributed by atoms with Crippen molar-refractivity contribution in [2.24, 2.45) is 5.92 Å². The number of carbonyl (C=O) groups is 1. The minimum Gasteiger partial charge on any atom is -0.388 e.